The van der Waals surface area contributed by atoms with Gasteiger partial charge in [0.2, 0.25) is 5.95 Å². The van der Waals surface area contributed by atoms with Crippen molar-refractivity contribution in [3.05, 3.63) is 12.0 Å². The standard InChI is InChI=1S/C4H6BFN2O2/c6-4-1-2-8(3-7-4)5(9)10/h1,3,9-10H,2H2. The van der Waals surface area contributed by atoms with Crippen molar-refractivity contribution in [2.45, 2.75) is 0 Å². The van der Waals surface area contributed by atoms with Gasteiger partial charge in [0, 0.05) is 6.54 Å². The third-order valence-corrected chi connectivity index (χ3v) is 1.10. The number of rotatable bonds is 1. The Kier molecular flexibility index (Phi) is 2.03. The van der Waals surface area contributed by atoms with Crippen LogP contribution in [0.1, 0.15) is 0 Å². The first-order chi connectivity index (χ1) is 4.70. The van der Waals surface area contributed by atoms with Gasteiger partial charge in [-0.15, -0.1) is 0 Å². The second kappa shape index (κ2) is 2.81. The topological polar surface area (TPSA) is 56.1 Å². The molecule has 1 rings (SSSR count). The normalized spacial score (nSPS) is 17.1. The highest BCUT2D eigenvalue weighted by molar-refractivity contribution is 6.40. The van der Waals surface area contributed by atoms with Crippen LogP contribution in [0.4, 0.5) is 4.39 Å². The van der Waals surface area contributed by atoms with Crippen LogP contribution in [-0.2, 0) is 0 Å². The second-order valence-electron chi connectivity index (χ2n) is 1.81. The number of hydrogen-bond acceptors (Lipinski definition) is 4. The monoisotopic (exact) mass is 144 g/mol. The molecule has 0 amide bonds. The van der Waals surface area contributed by atoms with E-state index in [4.69, 9.17) is 10.0 Å². The van der Waals surface area contributed by atoms with Crippen molar-refractivity contribution in [2.24, 2.45) is 4.99 Å². The van der Waals surface area contributed by atoms with Crippen molar-refractivity contribution >= 4 is 13.6 Å². The predicted octanol–water partition coefficient (Wildman–Crippen LogP) is -0.889. The Bertz CT molecular complexity index is 182. The Morgan fingerprint density at radius 2 is 2.40 bits per heavy atom. The smallest absolute Gasteiger partial charge is 0.408 e. The molecule has 54 valence electrons. The molecule has 0 radical (unpaired) electrons. The molecule has 0 atom stereocenters. The molecule has 2 N–H and O–H groups in total. The average Bonchev–Trinajstić information content (AvgIpc) is 1.88. The van der Waals surface area contributed by atoms with Gasteiger partial charge in [-0.05, 0) is 6.08 Å². The summed E-state index contributed by atoms with van der Waals surface area (Å²) >= 11 is 0. The maximum atomic E-state index is 12.1. The molecule has 1 aliphatic rings. The minimum atomic E-state index is -1.60. The van der Waals surface area contributed by atoms with Crippen molar-refractivity contribution in [2.75, 3.05) is 6.54 Å². The van der Waals surface area contributed by atoms with Gasteiger partial charge in [0.05, 0.1) is 6.34 Å². The van der Waals surface area contributed by atoms with Crippen LogP contribution in [0.2, 0.25) is 0 Å². The van der Waals surface area contributed by atoms with Crippen LogP contribution in [0.25, 0.3) is 0 Å². The lowest BCUT2D eigenvalue weighted by molar-refractivity contribution is 0.340. The SMILES string of the molecule is OB(O)N1C=NC(F)=CC1. The van der Waals surface area contributed by atoms with E-state index in [2.05, 4.69) is 4.99 Å². The maximum absolute atomic E-state index is 12.1. The third-order valence-electron chi connectivity index (χ3n) is 1.10. The summed E-state index contributed by atoms with van der Waals surface area (Å²) in [5.74, 6) is -0.600. The van der Waals surface area contributed by atoms with E-state index in [1.165, 1.54) is 0 Å². The summed E-state index contributed by atoms with van der Waals surface area (Å²) in [5.41, 5.74) is 0. The molecule has 0 aromatic carbocycles. The minimum absolute atomic E-state index is 0.132. The largest absolute Gasteiger partial charge is 0.588 e. The molecule has 0 fully saturated rings. The van der Waals surface area contributed by atoms with Gasteiger partial charge < -0.3 is 14.9 Å². The fraction of sp³-hybridized carbons (Fsp3) is 0.250. The van der Waals surface area contributed by atoms with Gasteiger partial charge in [-0.2, -0.15) is 4.39 Å². The Morgan fingerprint density at radius 1 is 1.70 bits per heavy atom. The molecule has 0 unspecified atom stereocenters. The Hall–Kier alpha value is -0.875. The van der Waals surface area contributed by atoms with Gasteiger partial charge in [-0.25, -0.2) is 4.99 Å². The lowest BCUT2D eigenvalue weighted by atomic mass is 10.1. The van der Waals surface area contributed by atoms with Gasteiger partial charge >= 0.3 is 7.25 Å². The van der Waals surface area contributed by atoms with E-state index in [-0.39, 0.29) is 6.54 Å². The second-order valence-corrected chi connectivity index (χ2v) is 1.81. The summed E-state index contributed by atoms with van der Waals surface area (Å²) in [5, 5.41) is 17.0. The van der Waals surface area contributed by atoms with Gasteiger partial charge in [0.15, 0.2) is 0 Å². The fourth-order valence-corrected chi connectivity index (χ4v) is 0.564. The third kappa shape index (κ3) is 1.55. The quantitative estimate of drug-likeness (QED) is 0.370. The molecular weight excluding hydrogens is 138 g/mol. The Morgan fingerprint density at radius 3 is 2.80 bits per heavy atom. The molecule has 1 heterocycles. The molecule has 0 saturated heterocycles. The highest BCUT2D eigenvalue weighted by atomic mass is 19.1. The minimum Gasteiger partial charge on any atom is -0.408 e. The van der Waals surface area contributed by atoms with Gasteiger partial charge in [-0.3, -0.25) is 0 Å². The molecule has 0 aromatic heterocycles. The number of nitrogens with zero attached hydrogens (tertiary/aromatic N) is 2. The highest BCUT2D eigenvalue weighted by Crippen LogP contribution is 2.03. The van der Waals surface area contributed by atoms with E-state index < -0.39 is 13.2 Å². The van der Waals surface area contributed by atoms with Crippen LogP contribution < -0.4 is 0 Å². The Balaban J connectivity index is 2.52. The molecule has 10 heavy (non-hydrogen) atoms. The molecule has 6 heteroatoms. The fourth-order valence-electron chi connectivity index (χ4n) is 0.564. The first-order valence-electron chi connectivity index (χ1n) is 2.72. The zero-order valence-corrected chi connectivity index (χ0v) is 5.11. The maximum Gasteiger partial charge on any atom is 0.588 e. The first kappa shape index (κ1) is 7.23. The molecular formula is C4H6BFN2O2. The van der Waals surface area contributed by atoms with E-state index in [0.29, 0.717) is 0 Å². The number of hydrogen-bond donors (Lipinski definition) is 2. The molecule has 0 aromatic rings. The van der Waals surface area contributed by atoms with E-state index in [9.17, 15) is 4.39 Å². The Labute approximate surface area is 57.5 Å². The predicted molar refractivity (Wildman–Crippen MR) is 34.6 cm³/mol. The van der Waals surface area contributed by atoms with Crippen LogP contribution in [-0.4, -0.2) is 35.0 Å². The van der Waals surface area contributed by atoms with E-state index >= 15 is 0 Å². The highest BCUT2D eigenvalue weighted by Gasteiger charge is 2.18. The van der Waals surface area contributed by atoms with Crippen molar-refractivity contribution in [1.82, 2.24) is 4.81 Å². The van der Waals surface area contributed by atoms with Crippen molar-refractivity contribution < 1.29 is 14.4 Å². The molecule has 0 saturated carbocycles. The molecule has 0 bridgehead atoms. The molecule has 4 nitrogen and oxygen atoms in total. The summed E-state index contributed by atoms with van der Waals surface area (Å²) < 4.78 is 12.1. The zero-order valence-electron chi connectivity index (χ0n) is 5.11. The first-order valence-corrected chi connectivity index (χ1v) is 2.72. The average molecular weight is 144 g/mol. The van der Waals surface area contributed by atoms with Gasteiger partial charge in [-0.1, -0.05) is 0 Å². The molecule has 1 aliphatic heterocycles. The van der Waals surface area contributed by atoms with Gasteiger partial charge in [0.25, 0.3) is 0 Å². The summed E-state index contributed by atoms with van der Waals surface area (Å²) in [7, 11) is -1.60. The summed E-state index contributed by atoms with van der Waals surface area (Å²) in [6.07, 6.45) is 2.19. The van der Waals surface area contributed by atoms with Gasteiger partial charge in [0.1, 0.15) is 0 Å². The zero-order chi connectivity index (χ0) is 7.56. The molecule has 0 aliphatic carbocycles. The lowest BCUT2D eigenvalue weighted by Crippen LogP contribution is -2.39. The van der Waals surface area contributed by atoms with Crippen LogP contribution >= 0.6 is 0 Å². The van der Waals surface area contributed by atoms with E-state index in [0.717, 1.165) is 17.2 Å². The van der Waals surface area contributed by atoms with Crippen molar-refractivity contribution in [3.63, 3.8) is 0 Å². The summed E-state index contributed by atoms with van der Waals surface area (Å²) in [6.45, 7) is 0.132. The van der Waals surface area contributed by atoms with E-state index in [1.807, 2.05) is 0 Å². The van der Waals surface area contributed by atoms with Crippen LogP contribution in [0.15, 0.2) is 17.0 Å². The summed E-state index contributed by atoms with van der Waals surface area (Å²) in [4.78, 5) is 4.28. The molecule has 0 spiro atoms. The van der Waals surface area contributed by atoms with Crippen LogP contribution in [0.5, 0.6) is 0 Å². The number of aliphatic imine (C=N–C) groups is 1. The van der Waals surface area contributed by atoms with Crippen molar-refractivity contribution in [3.8, 4) is 0 Å². The van der Waals surface area contributed by atoms with Crippen LogP contribution in [0, 0.1) is 0 Å². The van der Waals surface area contributed by atoms with Crippen molar-refractivity contribution in [1.29, 1.82) is 0 Å². The van der Waals surface area contributed by atoms with E-state index in [1.54, 1.807) is 0 Å². The lowest BCUT2D eigenvalue weighted by Gasteiger charge is -2.17. The summed E-state index contributed by atoms with van der Waals surface area (Å²) in [6, 6.07) is 0. The van der Waals surface area contributed by atoms with Crippen LogP contribution in [0.3, 0.4) is 0 Å². The number of halogens is 1.